The van der Waals surface area contributed by atoms with Gasteiger partial charge in [-0.15, -0.1) is 0 Å². The molecular formula is C58H35N3O2. The van der Waals surface area contributed by atoms with Gasteiger partial charge in [-0.25, -0.2) is 15.0 Å². The quantitative estimate of drug-likeness (QED) is 0.167. The maximum Gasteiger partial charge on any atom is 0.164 e. The number of hydrogen-bond acceptors (Lipinski definition) is 5. The molecule has 5 nitrogen and oxygen atoms in total. The van der Waals surface area contributed by atoms with Gasteiger partial charge in [0.15, 0.2) is 17.5 Å². The third-order valence-electron chi connectivity index (χ3n) is 12.9. The zero-order chi connectivity index (χ0) is 41.5. The molecule has 0 N–H and O–H groups in total. The smallest absolute Gasteiger partial charge is 0.164 e. The molecule has 63 heavy (non-hydrogen) atoms. The minimum Gasteiger partial charge on any atom is -0.456 e. The van der Waals surface area contributed by atoms with Crippen LogP contribution in [-0.2, 0) is 5.41 Å². The third-order valence-corrected chi connectivity index (χ3v) is 12.9. The van der Waals surface area contributed by atoms with Crippen LogP contribution in [0, 0.1) is 0 Å². The molecule has 9 aromatic carbocycles. The van der Waals surface area contributed by atoms with Crippen molar-refractivity contribution in [3.05, 3.63) is 235 Å². The van der Waals surface area contributed by atoms with Gasteiger partial charge in [-0.3, -0.25) is 0 Å². The first-order valence-corrected chi connectivity index (χ1v) is 21.2. The molecule has 0 unspecified atom stereocenters. The normalized spacial score (nSPS) is 12.9. The summed E-state index contributed by atoms with van der Waals surface area (Å²) >= 11 is 0. The van der Waals surface area contributed by atoms with Crippen LogP contribution in [0.4, 0.5) is 0 Å². The average molecular weight is 806 g/mol. The lowest BCUT2D eigenvalue weighted by Crippen LogP contribution is -2.28. The number of nitrogens with zero attached hydrogens (tertiary/aromatic N) is 3. The van der Waals surface area contributed by atoms with Gasteiger partial charge < -0.3 is 8.83 Å². The first kappa shape index (κ1) is 35.4. The molecule has 1 aliphatic carbocycles. The van der Waals surface area contributed by atoms with Crippen LogP contribution in [0.2, 0.25) is 0 Å². The minimum atomic E-state index is -0.551. The van der Waals surface area contributed by atoms with E-state index in [9.17, 15) is 0 Å². The standard InChI is InChI=1S/C58H35N3O2/c1-2-12-38(13-3-1)55-59-56(61-57(60-55)40-28-33-53-48(34-40)46-17-7-11-21-52(46)62-53)39-24-22-36(23-25-39)37-26-29-41(30-27-37)58(49-18-8-4-14-43(49)44-15-5-9-19-50(44)58)42-31-32-47-45-16-6-10-20-51(45)63-54(47)35-42/h1-35H. The van der Waals surface area contributed by atoms with E-state index >= 15 is 0 Å². The van der Waals surface area contributed by atoms with Crippen LogP contribution in [0.3, 0.4) is 0 Å². The monoisotopic (exact) mass is 805 g/mol. The zero-order valence-corrected chi connectivity index (χ0v) is 33.9. The summed E-state index contributed by atoms with van der Waals surface area (Å²) in [7, 11) is 0. The fraction of sp³-hybridized carbons (Fsp3) is 0.0172. The SMILES string of the molecule is c1ccc(-c2nc(-c3ccc(-c4ccc(C5(c6ccc7c(c6)oc6ccccc67)c6ccccc6-c6ccccc65)cc4)cc3)nc(-c3ccc4oc5ccccc5c4c3)n2)cc1. The Morgan fingerprint density at radius 2 is 0.730 bits per heavy atom. The second-order valence-electron chi connectivity index (χ2n) is 16.3. The number of aromatic nitrogens is 3. The number of rotatable bonds is 6. The number of hydrogen-bond donors (Lipinski definition) is 0. The topological polar surface area (TPSA) is 65.0 Å². The van der Waals surface area contributed by atoms with E-state index in [2.05, 4.69) is 140 Å². The summed E-state index contributed by atoms with van der Waals surface area (Å²) < 4.78 is 12.6. The molecule has 13 rings (SSSR count). The molecular weight excluding hydrogens is 771 g/mol. The van der Waals surface area contributed by atoms with E-state index < -0.39 is 5.41 Å². The average Bonchev–Trinajstić information content (AvgIpc) is 4.02. The molecule has 12 aromatic rings. The maximum absolute atomic E-state index is 6.50. The Bertz CT molecular complexity index is 3690. The molecule has 0 aliphatic heterocycles. The summed E-state index contributed by atoms with van der Waals surface area (Å²) in [5.41, 5.74) is 15.3. The van der Waals surface area contributed by atoms with Crippen molar-refractivity contribution in [1.82, 2.24) is 15.0 Å². The molecule has 0 radical (unpaired) electrons. The van der Waals surface area contributed by atoms with E-state index in [4.69, 9.17) is 23.8 Å². The first-order chi connectivity index (χ1) is 31.2. The lowest BCUT2D eigenvalue weighted by atomic mass is 9.67. The van der Waals surface area contributed by atoms with Gasteiger partial charge in [-0.2, -0.15) is 0 Å². The number of benzene rings is 9. The second kappa shape index (κ2) is 13.8. The van der Waals surface area contributed by atoms with Crippen LogP contribution in [-0.4, -0.2) is 15.0 Å². The first-order valence-electron chi connectivity index (χ1n) is 21.2. The highest BCUT2D eigenvalue weighted by Crippen LogP contribution is 2.56. The molecule has 5 heteroatoms. The van der Waals surface area contributed by atoms with Crippen molar-refractivity contribution in [2.24, 2.45) is 0 Å². The second-order valence-corrected chi connectivity index (χ2v) is 16.3. The van der Waals surface area contributed by atoms with E-state index in [1.807, 2.05) is 72.8 Å². The molecule has 0 spiro atoms. The van der Waals surface area contributed by atoms with E-state index in [1.165, 1.54) is 33.4 Å². The molecule has 0 fully saturated rings. The summed E-state index contributed by atoms with van der Waals surface area (Å²) in [6.45, 7) is 0. The van der Waals surface area contributed by atoms with Crippen molar-refractivity contribution in [3.8, 4) is 56.4 Å². The van der Waals surface area contributed by atoms with Crippen molar-refractivity contribution in [3.63, 3.8) is 0 Å². The van der Waals surface area contributed by atoms with Crippen molar-refractivity contribution >= 4 is 43.9 Å². The number of furan rings is 2. The molecule has 0 amide bonds. The summed E-state index contributed by atoms with van der Waals surface area (Å²) in [5.74, 6) is 1.84. The minimum absolute atomic E-state index is 0.551. The number of para-hydroxylation sites is 2. The Kier molecular flexibility index (Phi) is 7.75. The Hall–Kier alpha value is -8.41. The summed E-state index contributed by atoms with van der Waals surface area (Å²) in [6.07, 6.45) is 0. The fourth-order valence-corrected chi connectivity index (χ4v) is 9.92. The van der Waals surface area contributed by atoms with Crippen molar-refractivity contribution in [1.29, 1.82) is 0 Å². The fourth-order valence-electron chi connectivity index (χ4n) is 9.92. The zero-order valence-electron chi connectivity index (χ0n) is 33.9. The Labute approximate surface area is 362 Å². The van der Waals surface area contributed by atoms with Crippen LogP contribution in [0.15, 0.2) is 221 Å². The van der Waals surface area contributed by atoms with Gasteiger partial charge in [0, 0.05) is 38.2 Å². The summed E-state index contributed by atoms with van der Waals surface area (Å²) in [6, 6.07) is 74.7. The summed E-state index contributed by atoms with van der Waals surface area (Å²) in [5, 5.41) is 4.34. The van der Waals surface area contributed by atoms with Crippen molar-refractivity contribution in [2.75, 3.05) is 0 Å². The highest BCUT2D eigenvalue weighted by atomic mass is 16.3. The van der Waals surface area contributed by atoms with Gasteiger partial charge in [-0.1, -0.05) is 176 Å². The van der Waals surface area contributed by atoms with Crippen LogP contribution < -0.4 is 0 Å². The largest absolute Gasteiger partial charge is 0.456 e. The van der Waals surface area contributed by atoms with Gasteiger partial charge >= 0.3 is 0 Å². The molecule has 0 saturated carbocycles. The van der Waals surface area contributed by atoms with Gasteiger partial charge in [-0.05, 0) is 80.9 Å². The van der Waals surface area contributed by atoms with E-state index in [0.29, 0.717) is 17.5 Å². The molecule has 3 aromatic heterocycles. The molecule has 0 atom stereocenters. The molecule has 294 valence electrons. The molecule has 3 heterocycles. The Morgan fingerprint density at radius 3 is 1.40 bits per heavy atom. The van der Waals surface area contributed by atoms with Crippen LogP contribution >= 0.6 is 0 Å². The van der Waals surface area contributed by atoms with Gasteiger partial charge in [0.1, 0.15) is 22.3 Å². The van der Waals surface area contributed by atoms with Crippen molar-refractivity contribution < 1.29 is 8.83 Å². The molecule has 1 aliphatic rings. The van der Waals surface area contributed by atoms with Gasteiger partial charge in [0.2, 0.25) is 0 Å². The lowest BCUT2D eigenvalue weighted by Gasteiger charge is -2.34. The van der Waals surface area contributed by atoms with Crippen molar-refractivity contribution in [2.45, 2.75) is 5.41 Å². The predicted molar refractivity (Wildman–Crippen MR) is 253 cm³/mol. The highest BCUT2D eigenvalue weighted by Gasteiger charge is 2.46. The lowest BCUT2D eigenvalue weighted by molar-refractivity contribution is 0.665. The Balaban J connectivity index is 0.899. The molecule has 0 saturated heterocycles. The maximum atomic E-state index is 6.50. The van der Waals surface area contributed by atoms with Crippen LogP contribution in [0.25, 0.3) is 100 Å². The van der Waals surface area contributed by atoms with E-state index in [-0.39, 0.29) is 0 Å². The third kappa shape index (κ3) is 5.46. The van der Waals surface area contributed by atoms with Gasteiger partial charge in [0.05, 0.1) is 5.41 Å². The van der Waals surface area contributed by atoms with E-state index in [1.54, 1.807) is 0 Å². The van der Waals surface area contributed by atoms with Crippen LogP contribution in [0.5, 0.6) is 0 Å². The molecule has 0 bridgehead atoms. The highest BCUT2D eigenvalue weighted by molar-refractivity contribution is 6.07. The predicted octanol–water partition coefficient (Wildman–Crippen LogP) is 14.7. The summed E-state index contributed by atoms with van der Waals surface area (Å²) in [4.78, 5) is 15.1. The number of fused-ring (bicyclic) bond motifs is 9. The Morgan fingerprint density at radius 1 is 0.286 bits per heavy atom. The van der Waals surface area contributed by atoms with Crippen LogP contribution in [0.1, 0.15) is 22.3 Å². The van der Waals surface area contributed by atoms with E-state index in [0.717, 1.165) is 71.7 Å². The van der Waals surface area contributed by atoms with Gasteiger partial charge in [0.25, 0.3) is 0 Å².